The maximum Gasteiger partial charge on any atom is 0.234 e. The fourth-order valence-corrected chi connectivity index (χ4v) is 2.57. The molecular weight excluding hydrogens is 288 g/mol. The molecule has 6 heteroatoms. The molecule has 14 heavy (non-hydrogen) atoms. The summed E-state index contributed by atoms with van der Waals surface area (Å²) >= 11 is 10.6. The predicted molar refractivity (Wildman–Crippen MR) is 62.5 cm³/mol. The van der Waals surface area contributed by atoms with Gasteiger partial charge in [-0.05, 0) is 28.9 Å². The van der Waals surface area contributed by atoms with E-state index in [0.717, 1.165) is 9.35 Å². The molecule has 78 valence electrons. The van der Waals surface area contributed by atoms with Crippen molar-refractivity contribution in [2.75, 3.05) is 0 Å². The summed E-state index contributed by atoms with van der Waals surface area (Å²) in [6, 6.07) is 1.60. The van der Waals surface area contributed by atoms with E-state index in [4.69, 9.17) is 17.3 Å². The molecule has 0 saturated heterocycles. The molecule has 3 nitrogen and oxygen atoms in total. The lowest BCUT2D eigenvalue weighted by Gasteiger charge is -2.07. The zero-order chi connectivity index (χ0) is 10.7. The molecular formula is C8H10BrClN2OS. The maximum atomic E-state index is 10.7. The normalized spacial score (nSPS) is 12.8. The molecule has 1 aromatic rings. The highest BCUT2D eigenvalue weighted by Crippen LogP contribution is 2.31. The van der Waals surface area contributed by atoms with Crippen LogP contribution < -0.4 is 11.1 Å². The molecule has 0 spiro atoms. The van der Waals surface area contributed by atoms with Crippen LogP contribution in [0.25, 0.3) is 0 Å². The summed E-state index contributed by atoms with van der Waals surface area (Å²) in [4.78, 5) is 11.8. The van der Waals surface area contributed by atoms with Crippen molar-refractivity contribution in [1.29, 1.82) is 0 Å². The Kier molecular flexibility index (Phi) is 4.37. The molecule has 0 aliphatic carbocycles. The second kappa shape index (κ2) is 5.11. The van der Waals surface area contributed by atoms with Crippen LogP contribution in [0.3, 0.4) is 0 Å². The van der Waals surface area contributed by atoms with Crippen molar-refractivity contribution in [3.05, 3.63) is 19.8 Å². The second-order valence-electron chi connectivity index (χ2n) is 2.84. The van der Waals surface area contributed by atoms with Gasteiger partial charge in [-0.15, -0.1) is 11.3 Å². The van der Waals surface area contributed by atoms with Crippen molar-refractivity contribution in [2.24, 2.45) is 5.73 Å². The second-order valence-corrected chi connectivity index (χ2v) is 5.43. The summed E-state index contributed by atoms with van der Waals surface area (Å²) in [7, 11) is 0. The molecule has 0 saturated carbocycles. The molecule has 3 N–H and O–H groups in total. The Balaban J connectivity index is 2.50. The zero-order valence-corrected chi connectivity index (χ0v) is 10.7. The monoisotopic (exact) mass is 296 g/mol. The van der Waals surface area contributed by atoms with Crippen molar-refractivity contribution in [3.63, 3.8) is 0 Å². The van der Waals surface area contributed by atoms with E-state index in [0.29, 0.717) is 10.9 Å². The van der Waals surface area contributed by atoms with Crippen LogP contribution in [0, 0.1) is 0 Å². The van der Waals surface area contributed by atoms with Gasteiger partial charge in [0.15, 0.2) is 0 Å². The number of rotatable bonds is 4. The summed E-state index contributed by atoms with van der Waals surface area (Å²) in [5, 5.41) is 3.00. The highest BCUT2D eigenvalue weighted by molar-refractivity contribution is 9.10. The summed E-state index contributed by atoms with van der Waals surface area (Å²) in [6.07, 6.45) is 0. The lowest BCUT2D eigenvalue weighted by atomic mass is 10.3. The SMILES string of the molecule is CC(NCc1cc(Br)c(Cl)s1)C(N)=O. The molecule has 1 amide bonds. The van der Waals surface area contributed by atoms with Crippen LogP contribution in [0.1, 0.15) is 11.8 Å². The Bertz CT molecular complexity index is 323. The third-order valence-corrected chi connectivity index (χ3v) is 4.18. The molecule has 0 aliphatic rings. The van der Waals surface area contributed by atoms with E-state index in [1.165, 1.54) is 11.3 Å². The molecule has 0 aliphatic heterocycles. The fraction of sp³-hybridized carbons (Fsp3) is 0.375. The van der Waals surface area contributed by atoms with Gasteiger partial charge >= 0.3 is 0 Å². The van der Waals surface area contributed by atoms with Crippen LogP contribution in [-0.2, 0) is 11.3 Å². The molecule has 1 atom stereocenters. The molecule has 1 rings (SSSR count). The van der Waals surface area contributed by atoms with Crippen LogP contribution in [-0.4, -0.2) is 11.9 Å². The lowest BCUT2D eigenvalue weighted by molar-refractivity contribution is -0.119. The van der Waals surface area contributed by atoms with Crippen LogP contribution in [0.2, 0.25) is 4.34 Å². The minimum atomic E-state index is -0.355. The number of hydrogen-bond acceptors (Lipinski definition) is 3. The predicted octanol–water partition coefficient (Wildman–Crippen LogP) is 2.13. The first-order valence-electron chi connectivity index (χ1n) is 3.97. The van der Waals surface area contributed by atoms with Gasteiger partial charge in [-0.25, -0.2) is 0 Å². The number of nitrogens with one attached hydrogen (secondary N) is 1. The Morgan fingerprint density at radius 1 is 1.86 bits per heavy atom. The Morgan fingerprint density at radius 3 is 2.93 bits per heavy atom. The quantitative estimate of drug-likeness (QED) is 0.894. The highest BCUT2D eigenvalue weighted by atomic mass is 79.9. The first kappa shape index (κ1) is 12.0. The molecule has 1 aromatic heterocycles. The highest BCUT2D eigenvalue weighted by Gasteiger charge is 2.09. The molecule has 1 unspecified atom stereocenters. The van der Waals surface area contributed by atoms with Crippen LogP contribution in [0.5, 0.6) is 0 Å². The maximum absolute atomic E-state index is 10.7. The van der Waals surface area contributed by atoms with Crippen molar-refractivity contribution in [1.82, 2.24) is 5.32 Å². The number of hydrogen-bond donors (Lipinski definition) is 2. The third kappa shape index (κ3) is 3.24. The molecule has 0 radical (unpaired) electrons. The lowest BCUT2D eigenvalue weighted by Crippen LogP contribution is -2.38. The summed E-state index contributed by atoms with van der Waals surface area (Å²) in [5.41, 5.74) is 5.10. The molecule has 0 aromatic carbocycles. The van der Waals surface area contributed by atoms with Gasteiger partial charge in [0.05, 0.1) is 6.04 Å². The first-order valence-corrected chi connectivity index (χ1v) is 5.96. The van der Waals surface area contributed by atoms with E-state index in [1.807, 2.05) is 6.07 Å². The largest absolute Gasteiger partial charge is 0.368 e. The summed E-state index contributed by atoms with van der Waals surface area (Å²) < 4.78 is 1.60. The number of nitrogens with two attached hydrogens (primary N) is 1. The number of halogens is 2. The molecule has 0 bridgehead atoms. The number of primary amides is 1. The summed E-state index contributed by atoms with van der Waals surface area (Å²) in [6.45, 7) is 2.33. The standard InChI is InChI=1S/C8H10BrClN2OS/c1-4(8(11)13)12-3-5-2-6(9)7(10)14-5/h2,4,12H,3H2,1H3,(H2,11,13). The van der Waals surface area contributed by atoms with Gasteiger partial charge in [0, 0.05) is 15.9 Å². The average Bonchev–Trinajstić information content (AvgIpc) is 2.42. The van der Waals surface area contributed by atoms with Crippen molar-refractivity contribution >= 4 is 44.8 Å². The van der Waals surface area contributed by atoms with E-state index in [1.54, 1.807) is 6.92 Å². The molecule has 0 fully saturated rings. The van der Waals surface area contributed by atoms with Gasteiger partial charge < -0.3 is 11.1 Å². The summed E-state index contributed by atoms with van der Waals surface area (Å²) in [5.74, 6) is -0.355. The van der Waals surface area contributed by atoms with Crippen LogP contribution >= 0.6 is 38.9 Å². The van der Waals surface area contributed by atoms with E-state index in [9.17, 15) is 4.79 Å². The smallest absolute Gasteiger partial charge is 0.234 e. The Labute approximate surface area is 99.8 Å². The van der Waals surface area contributed by atoms with E-state index in [-0.39, 0.29) is 11.9 Å². The van der Waals surface area contributed by atoms with E-state index >= 15 is 0 Å². The van der Waals surface area contributed by atoms with Gasteiger partial charge in [-0.3, -0.25) is 4.79 Å². The molecule has 1 heterocycles. The van der Waals surface area contributed by atoms with Crippen LogP contribution in [0.4, 0.5) is 0 Å². The third-order valence-electron chi connectivity index (χ3n) is 1.71. The first-order chi connectivity index (χ1) is 6.50. The minimum absolute atomic E-state index is 0.324. The van der Waals surface area contributed by atoms with Gasteiger partial charge in [0.1, 0.15) is 4.34 Å². The van der Waals surface area contributed by atoms with Crippen molar-refractivity contribution in [2.45, 2.75) is 19.5 Å². The Morgan fingerprint density at radius 2 is 2.50 bits per heavy atom. The van der Waals surface area contributed by atoms with Gasteiger partial charge in [0.25, 0.3) is 0 Å². The average molecular weight is 298 g/mol. The van der Waals surface area contributed by atoms with Crippen LogP contribution in [0.15, 0.2) is 10.5 Å². The number of amides is 1. The van der Waals surface area contributed by atoms with E-state index in [2.05, 4.69) is 21.2 Å². The van der Waals surface area contributed by atoms with E-state index < -0.39 is 0 Å². The van der Waals surface area contributed by atoms with Gasteiger partial charge in [-0.1, -0.05) is 11.6 Å². The van der Waals surface area contributed by atoms with Crippen molar-refractivity contribution < 1.29 is 4.79 Å². The fourth-order valence-electron chi connectivity index (χ4n) is 0.833. The van der Waals surface area contributed by atoms with Crippen molar-refractivity contribution in [3.8, 4) is 0 Å². The zero-order valence-electron chi connectivity index (χ0n) is 7.51. The topological polar surface area (TPSA) is 55.1 Å². The van der Waals surface area contributed by atoms with Gasteiger partial charge in [0.2, 0.25) is 5.91 Å². The van der Waals surface area contributed by atoms with Gasteiger partial charge in [-0.2, -0.15) is 0 Å². The number of carbonyl (C=O) groups excluding carboxylic acids is 1. The minimum Gasteiger partial charge on any atom is -0.368 e. The number of thiophene rings is 1. The number of carbonyl (C=O) groups is 1. The Hall–Kier alpha value is -0.100.